The molecule has 0 fully saturated rings. The SMILES string of the molecule is CSc1nc(N)nc2sc(C(=O)c3ccc(Cl)c(Cl)c3)c(N)c12. The number of rotatable bonds is 3. The van der Waals surface area contributed by atoms with Crippen molar-refractivity contribution in [2.75, 3.05) is 17.7 Å². The number of carbonyl (C=O) groups is 1. The molecule has 2 aromatic heterocycles. The number of fused-ring (bicyclic) bond motifs is 1. The second kappa shape index (κ2) is 6.16. The van der Waals surface area contributed by atoms with Crippen molar-refractivity contribution in [1.29, 1.82) is 0 Å². The average molecular weight is 385 g/mol. The van der Waals surface area contributed by atoms with Gasteiger partial charge in [-0.25, -0.2) is 9.97 Å². The van der Waals surface area contributed by atoms with Gasteiger partial charge in [-0.2, -0.15) is 0 Å². The van der Waals surface area contributed by atoms with E-state index in [4.69, 9.17) is 34.7 Å². The fourth-order valence-corrected chi connectivity index (χ4v) is 4.11. The Morgan fingerprint density at radius 1 is 1.22 bits per heavy atom. The molecule has 0 unspecified atom stereocenters. The molecule has 0 saturated heterocycles. The summed E-state index contributed by atoms with van der Waals surface area (Å²) >= 11 is 14.4. The molecule has 4 N–H and O–H groups in total. The summed E-state index contributed by atoms with van der Waals surface area (Å²) < 4.78 is 0. The highest BCUT2D eigenvalue weighted by molar-refractivity contribution is 7.98. The van der Waals surface area contributed by atoms with Gasteiger partial charge in [-0.15, -0.1) is 23.1 Å². The number of halogens is 2. The van der Waals surface area contributed by atoms with E-state index in [1.54, 1.807) is 12.1 Å². The lowest BCUT2D eigenvalue weighted by Gasteiger charge is -2.03. The van der Waals surface area contributed by atoms with Crippen molar-refractivity contribution < 1.29 is 4.79 Å². The third-order valence-electron chi connectivity index (χ3n) is 3.15. The predicted octanol–water partition coefficient (Wildman–Crippen LogP) is 4.12. The molecule has 0 saturated carbocycles. The van der Waals surface area contributed by atoms with E-state index in [1.807, 2.05) is 6.26 Å². The van der Waals surface area contributed by atoms with Gasteiger partial charge in [-0.3, -0.25) is 4.79 Å². The summed E-state index contributed by atoms with van der Waals surface area (Å²) in [5.41, 5.74) is 12.6. The monoisotopic (exact) mass is 384 g/mol. The zero-order chi connectivity index (χ0) is 16.7. The molecule has 118 valence electrons. The lowest BCUT2D eigenvalue weighted by Crippen LogP contribution is -2.02. The molecule has 2 heterocycles. The number of anilines is 2. The first-order valence-corrected chi connectivity index (χ1v) is 9.11. The summed E-state index contributed by atoms with van der Waals surface area (Å²) in [6.45, 7) is 0. The van der Waals surface area contributed by atoms with Crippen molar-refractivity contribution in [3.8, 4) is 0 Å². The van der Waals surface area contributed by atoms with Gasteiger partial charge in [-0.1, -0.05) is 23.2 Å². The van der Waals surface area contributed by atoms with Crippen LogP contribution in [0.5, 0.6) is 0 Å². The number of aromatic nitrogens is 2. The molecule has 1 aromatic carbocycles. The highest BCUT2D eigenvalue weighted by atomic mass is 35.5. The van der Waals surface area contributed by atoms with Crippen LogP contribution < -0.4 is 11.5 Å². The summed E-state index contributed by atoms with van der Waals surface area (Å²) in [6.07, 6.45) is 1.86. The fraction of sp³-hybridized carbons (Fsp3) is 0.0714. The minimum atomic E-state index is -0.241. The molecule has 23 heavy (non-hydrogen) atoms. The smallest absolute Gasteiger partial charge is 0.222 e. The Kier molecular flexibility index (Phi) is 4.37. The third kappa shape index (κ3) is 2.85. The number of thioether (sulfide) groups is 1. The van der Waals surface area contributed by atoms with Crippen molar-refractivity contribution >= 4 is 73.9 Å². The number of nitrogens with two attached hydrogens (primary N) is 2. The van der Waals surface area contributed by atoms with Crippen LogP contribution in [0, 0.1) is 0 Å². The van der Waals surface area contributed by atoms with Crippen LogP contribution in [0.1, 0.15) is 15.2 Å². The average Bonchev–Trinajstić information content (AvgIpc) is 2.85. The van der Waals surface area contributed by atoms with Crippen LogP contribution in [0.2, 0.25) is 10.0 Å². The first kappa shape index (κ1) is 16.3. The summed E-state index contributed by atoms with van der Waals surface area (Å²) in [4.78, 5) is 22.0. The lowest BCUT2D eigenvalue weighted by molar-refractivity contribution is 0.104. The summed E-state index contributed by atoms with van der Waals surface area (Å²) in [6, 6.07) is 4.70. The van der Waals surface area contributed by atoms with E-state index in [9.17, 15) is 4.79 Å². The molecule has 3 aromatic rings. The maximum Gasteiger partial charge on any atom is 0.222 e. The Morgan fingerprint density at radius 3 is 2.61 bits per heavy atom. The van der Waals surface area contributed by atoms with E-state index in [0.717, 1.165) is 0 Å². The van der Waals surface area contributed by atoms with E-state index in [0.29, 0.717) is 41.4 Å². The lowest BCUT2D eigenvalue weighted by atomic mass is 10.1. The van der Waals surface area contributed by atoms with Crippen LogP contribution in [0.4, 0.5) is 11.6 Å². The topological polar surface area (TPSA) is 94.9 Å². The third-order valence-corrected chi connectivity index (χ3v) is 5.67. The van der Waals surface area contributed by atoms with Gasteiger partial charge in [0, 0.05) is 5.56 Å². The Bertz CT molecular complexity index is 942. The molecule has 0 atom stereocenters. The van der Waals surface area contributed by atoms with Crippen LogP contribution in [-0.2, 0) is 0 Å². The van der Waals surface area contributed by atoms with Gasteiger partial charge in [0.05, 0.1) is 21.1 Å². The van der Waals surface area contributed by atoms with Gasteiger partial charge < -0.3 is 11.5 Å². The standard InChI is InChI=1S/C14H10Cl2N4OS2/c1-22-12-8-9(17)11(23-13(8)20-14(18)19-12)10(21)5-2-3-6(15)7(16)4-5/h2-4H,17H2,1H3,(H2,18,19,20). The maximum atomic E-state index is 12.7. The Morgan fingerprint density at radius 2 is 1.96 bits per heavy atom. The molecular weight excluding hydrogens is 375 g/mol. The maximum absolute atomic E-state index is 12.7. The van der Waals surface area contributed by atoms with Gasteiger partial charge >= 0.3 is 0 Å². The molecule has 0 radical (unpaired) electrons. The second-order valence-electron chi connectivity index (χ2n) is 4.57. The molecule has 0 aliphatic carbocycles. The Labute approximate surface area is 150 Å². The van der Waals surface area contributed by atoms with Gasteiger partial charge in [0.15, 0.2) is 0 Å². The first-order valence-electron chi connectivity index (χ1n) is 6.31. The largest absolute Gasteiger partial charge is 0.397 e. The number of thiophene rings is 1. The highest BCUT2D eigenvalue weighted by Crippen LogP contribution is 2.39. The van der Waals surface area contributed by atoms with Gasteiger partial charge in [-0.05, 0) is 24.5 Å². The van der Waals surface area contributed by atoms with Crippen LogP contribution in [0.25, 0.3) is 10.2 Å². The number of hydrogen-bond donors (Lipinski definition) is 2. The minimum absolute atomic E-state index is 0.150. The van der Waals surface area contributed by atoms with Crippen LogP contribution in [-0.4, -0.2) is 22.0 Å². The van der Waals surface area contributed by atoms with Gasteiger partial charge in [0.1, 0.15) is 14.7 Å². The normalized spacial score (nSPS) is 11.1. The zero-order valence-electron chi connectivity index (χ0n) is 11.8. The number of hydrogen-bond acceptors (Lipinski definition) is 7. The number of carbonyl (C=O) groups excluding carboxylic acids is 1. The number of nitrogens with zero attached hydrogens (tertiary/aromatic N) is 2. The number of ketones is 1. The van der Waals surface area contributed by atoms with Crippen molar-refractivity contribution in [3.05, 3.63) is 38.7 Å². The molecule has 3 rings (SSSR count). The molecular formula is C14H10Cl2N4OS2. The molecule has 0 spiro atoms. The molecule has 0 aliphatic heterocycles. The summed E-state index contributed by atoms with van der Waals surface area (Å²) in [5, 5.41) is 2.00. The second-order valence-corrected chi connectivity index (χ2v) is 7.18. The van der Waals surface area contributed by atoms with Crippen LogP contribution >= 0.6 is 46.3 Å². The summed E-state index contributed by atoms with van der Waals surface area (Å²) in [7, 11) is 0. The summed E-state index contributed by atoms with van der Waals surface area (Å²) in [5.74, 6) is -0.0914. The Balaban J connectivity index is 2.18. The number of benzene rings is 1. The van der Waals surface area contributed by atoms with Crippen LogP contribution in [0.15, 0.2) is 23.2 Å². The quantitative estimate of drug-likeness (QED) is 0.400. The van der Waals surface area contributed by atoms with Gasteiger partial charge in [0.25, 0.3) is 0 Å². The number of nitrogen functional groups attached to an aromatic ring is 2. The highest BCUT2D eigenvalue weighted by Gasteiger charge is 2.22. The van der Waals surface area contributed by atoms with Gasteiger partial charge in [0.2, 0.25) is 11.7 Å². The molecule has 9 heteroatoms. The fourth-order valence-electron chi connectivity index (χ4n) is 2.09. The molecule has 5 nitrogen and oxygen atoms in total. The van der Waals surface area contributed by atoms with Crippen molar-refractivity contribution in [1.82, 2.24) is 9.97 Å². The molecule has 0 aliphatic rings. The first-order chi connectivity index (χ1) is 10.9. The predicted molar refractivity (Wildman–Crippen MR) is 97.9 cm³/mol. The zero-order valence-corrected chi connectivity index (χ0v) is 14.9. The van der Waals surface area contributed by atoms with Crippen molar-refractivity contribution in [2.24, 2.45) is 0 Å². The molecule has 0 bridgehead atoms. The van der Waals surface area contributed by atoms with E-state index in [2.05, 4.69) is 9.97 Å². The van der Waals surface area contributed by atoms with Crippen molar-refractivity contribution in [2.45, 2.75) is 5.03 Å². The van der Waals surface area contributed by atoms with Crippen LogP contribution in [0.3, 0.4) is 0 Å². The van der Waals surface area contributed by atoms with E-state index in [1.165, 1.54) is 29.2 Å². The molecule has 0 amide bonds. The van der Waals surface area contributed by atoms with E-state index < -0.39 is 0 Å². The van der Waals surface area contributed by atoms with E-state index in [-0.39, 0.29) is 11.7 Å². The Hall–Kier alpha value is -1.54. The van der Waals surface area contributed by atoms with E-state index >= 15 is 0 Å². The van der Waals surface area contributed by atoms with Crippen molar-refractivity contribution in [3.63, 3.8) is 0 Å². The minimum Gasteiger partial charge on any atom is -0.397 e.